The molecule has 2 saturated heterocycles. The van der Waals surface area contributed by atoms with Crippen LogP contribution >= 0.6 is 0 Å². The zero-order valence-corrected chi connectivity index (χ0v) is 16.9. The summed E-state index contributed by atoms with van der Waals surface area (Å²) in [5, 5.41) is 2.63. The minimum atomic E-state index is -0.587. The lowest BCUT2D eigenvalue weighted by molar-refractivity contribution is -0.145. The van der Waals surface area contributed by atoms with Crippen molar-refractivity contribution in [3.05, 3.63) is 29.6 Å². The van der Waals surface area contributed by atoms with Gasteiger partial charge in [-0.3, -0.25) is 9.69 Å². The summed E-state index contributed by atoms with van der Waals surface area (Å²) >= 11 is 0. The van der Waals surface area contributed by atoms with Crippen LogP contribution in [0, 0.1) is 5.82 Å². The highest BCUT2D eigenvalue weighted by atomic mass is 19.1. The van der Waals surface area contributed by atoms with E-state index in [1.807, 2.05) is 13.8 Å². The number of halogens is 1. The van der Waals surface area contributed by atoms with Crippen LogP contribution in [0.3, 0.4) is 0 Å². The highest BCUT2D eigenvalue weighted by Crippen LogP contribution is 2.43. The highest BCUT2D eigenvalue weighted by Gasteiger charge is 2.45. The normalized spacial score (nSPS) is 30.8. The third kappa shape index (κ3) is 4.23. The zero-order valence-electron chi connectivity index (χ0n) is 16.9. The molecule has 4 atom stereocenters. The minimum Gasteiger partial charge on any atom is -0.442 e. The molecule has 1 N–H and O–H groups in total. The Kier molecular flexibility index (Phi) is 5.25. The Balaban J connectivity index is 1.43. The number of cyclic esters (lactones) is 1. The molecule has 3 aliphatic rings. The molecule has 4 rings (SSSR count). The van der Waals surface area contributed by atoms with Crippen LogP contribution in [-0.2, 0) is 19.0 Å². The van der Waals surface area contributed by atoms with Crippen LogP contribution in [0.25, 0.3) is 0 Å². The summed E-state index contributed by atoms with van der Waals surface area (Å²) in [5.74, 6) is -1.05. The standard InChI is InChI=1S/C21H27FN2O5/c1-12(25)23-10-15-11-24(20(26)27-15)14-5-6-16(17(22)9-14)13-4-7-18-19(8-13)29-21(2,3)28-18/h5-6,9,13,15,18-19H,4,7-8,10-11H2,1-3H3,(H,23,25)/t13?,15-,18?,19-/m0/s1. The molecule has 2 amide bonds. The zero-order chi connectivity index (χ0) is 20.8. The summed E-state index contributed by atoms with van der Waals surface area (Å²) in [6.07, 6.45) is 1.45. The van der Waals surface area contributed by atoms with Crippen molar-refractivity contribution >= 4 is 17.7 Å². The van der Waals surface area contributed by atoms with E-state index in [0.717, 1.165) is 19.3 Å². The fourth-order valence-corrected chi connectivity index (χ4v) is 4.51. The Morgan fingerprint density at radius 1 is 1.28 bits per heavy atom. The van der Waals surface area contributed by atoms with E-state index >= 15 is 0 Å². The largest absolute Gasteiger partial charge is 0.442 e. The van der Waals surface area contributed by atoms with Crippen molar-refractivity contribution in [2.24, 2.45) is 0 Å². The number of ether oxygens (including phenoxy) is 3. The second-order valence-corrected chi connectivity index (χ2v) is 8.48. The van der Waals surface area contributed by atoms with E-state index in [1.165, 1.54) is 17.9 Å². The van der Waals surface area contributed by atoms with Gasteiger partial charge in [0.15, 0.2) is 5.79 Å². The quantitative estimate of drug-likeness (QED) is 0.832. The summed E-state index contributed by atoms with van der Waals surface area (Å²) in [6.45, 7) is 5.72. The van der Waals surface area contributed by atoms with Crippen molar-refractivity contribution in [3.63, 3.8) is 0 Å². The van der Waals surface area contributed by atoms with E-state index in [9.17, 15) is 14.0 Å². The van der Waals surface area contributed by atoms with Crippen LogP contribution in [-0.4, -0.2) is 49.2 Å². The molecule has 1 aromatic carbocycles. The first-order valence-corrected chi connectivity index (χ1v) is 10.1. The number of carbonyl (C=O) groups excluding carboxylic acids is 2. The van der Waals surface area contributed by atoms with E-state index in [1.54, 1.807) is 12.1 Å². The Hall–Kier alpha value is -2.19. The summed E-state index contributed by atoms with van der Waals surface area (Å²) in [6, 6.07) is 4.90. The second kappa shape index (κ2) is 7.57. The number of fused-ring (bicyclic) bond motifs is 1. The maximum absolute atomic E-state index is 15.0. The molecule has 0 spiro atoms. The molecule has 0 aromatic heterocycles. The average molecular weight is 406 g/mol. The second-order valence-electron chi connectivity index (χ2n) is 8.48. The SMILES string of the molecule is CC(=O)NC[C@H]1CN(c2ccc(C3CCC4OC(C)(C)O[C@H]4C3)c(F)c2)C(=O)O1. The van der Waals surface area contributed by atoms with Crippen LogP contribution < -0.4 is 10.2 Å². The number of nitrogens with zero attached hydrogens (tertiary/aromatic N) is 1. The molecular formula is C21H27FN2O5. The molecule has 2 unspecified atom stereocenters. The van der Waals surface area contributed by atoms with Crippen molar-refractivity contribution in [1.82, 2.24) is 5.32 Å². The molecule has 7 nitrogen and oxygen atoms in total. The highest BCUT2D eigenvalue weighted by molar-refractivity contribution is 5.89. The van der Waals surface area contributed by atoms with Gasteiger partial charge in [0.05, 0.1) is 31.0 Å². The molecule has 3 fully saturated rings. The van der Waals surface area contributed by atoms with Gasteiger partial charge in [-0.2, -0.15) is 0 Å². The third-order valence-corrected chi connectivity index (χ3v) is 5.79. The third-order valence-electron chi connectivity index (χ3n) is 5.79. The molecule has 1 aromatic rings. The van der Waals surface area contributed by atoms with E-state index < -0.39 is 18.0 Å². The molecule has 0 bridgehead atoms. The van der Waals surface area contributed by atoms with Gasteiger partial charge in [-0.1, -0.05) is 6.07 Å². The molecule has 0 radical (unpaired) electrons. The smallest absolute Gasteiger partial charge is 0.414 e. The van der Waals surface area contributed by atoms with Gasteiger partial charge in [0.25, 0.3) is 0 Å². The van der Waals surface area contributed by atoms with Gasteiger partial charge in [-0.05, 0) is 56.7 Å². The molecule has 2 aliphatic heterocycles. The molecule has 2 heterocycles. The number of rotatable bonds is 4. The van der Waals surface area contributed by atoms with Crippen molar-refractivity contribution in [2.75, 3.05) is 18.0 Å². The summed E-state index contributed by atoms with van der Waals surface area (Å²) in [5.41, 5.74) is 1.10. The first kappa shape index (κ1) is 20.1. The molecule has 8 heteroatoms. The Morgan fingerprint density at radius 2 is 2.03 bits per heavy atom. The summed E-state index contributed by atoms with van der Waals surface area (Å²) < 4.78 is 32.1. The van der Waals surface area contributed by atoms with Gasteiger partial charge < -0.3 is 19.5 Å². The topological polar surface area (TPSA) is 77.1 Å². The molecule has 1 saturated carbocycles. The molecular weight excluding hydrogens is 379 g/mol. The Labute approximate surface area is 169 Å². The molecule has 158 valence electrons. The van der Waals surface area contributed by atoms with Crippen molar-refractivity contribution in [2.45, 2.75) is 70.1 Å². The number of nitrogens with one attached hydrogen (secondary N) is 1. The monoisotopic (exact) mass is 406 g/mol. The molecule has 1 aliphatic carbocycles. The van der Waals surface area contributed by atoms with Crippen LogP contribution in [0.1, 0.15) is 51.5 Å². The van der Waals surface area contributed by atoms with E-state index in [-0.39, 0.29) is 42.9 Å². The number of hydrogen-bond donors (Lipinski definition) is 1. The van der Waals surface area contributed by atoms with Gasteiger partial charge in [0, 0.05) is 6.92 Å². The fourth-order valence-electron chi connectivity index (χ4n) is 4.51. The minimum absolute atomic E-state index is 0.0223. The first-order chi connectivity index (χ1) is 13.7. The van der Waals surface area contributed by atoms with E-state index in [2.05, 4.69) is 5.32 Å². The lowest BCUT2D eigenvalue weighted by atomic mass is 9.81. The van der Waals surface area contributed by atoms with Crippen LogP contribution in [0.2, 0.25) is 0 Å². The van der Waals surface area contributed by atoms with Crippen LogP contribution in [0.15, 0.2) is 18.2 Å². The predicted octanol–water partition coefficient (Wildman–Crippen LogP) is 3.07. The number of hydrogen-bond acceptors (Lipinski definition) is 5. The maximum Gasteiger partial charge on any atom is 0.414 e. The number of benzene rings is 1. The number of amides is 2. The van der Waals surface area contributed by atoms with Gasteiger partial charge >= 0.3 is 6.09 Å². The van der Waals surface area contributed by atoms with Gasteiger partial charge in [-0.25, -0.2) is 9.18 Å². The van der Waals surface area contributed by atoms with Gasteiger partial charge in [0.1, 0.15) is 11.9 Å². The Morgan fingerprint density at radius 3 is 2.76 bits per heavy atom. The van der Waals surface area contributed by atoms with Crippen molar-refractivity contribution < 1.29 is 28.2 Å². The summed E-state index contributed by atoms with van der Waals surface area (Å²) in [4.78, 5) is 24.6. The van der Waals surface area contributed by atoms with Crippen molar-refractivity contribution in [3.8, 4) is 0 Å². The Bertz CT molecular complexity index is 814. The van der Waals surface area contributed by atoms with Gasteiger partial charge in [0.2, 0.25) is 5.91 Å². The van der Waals surface area contributed by atoms with E-state index in [4.69, 9.17) is 14.2 Å². The average Bonchev–Trinajstić information content (AvgIpc) is 3.16. The lowest BCUT2D eigenvalue weighted by Crippen LogP contribution is -2.33. The summed E-state index contributed by atoms with van der Waals surface area (Å²) in [7, 11) is 0. The van der Waals surface area contributed by atoms with Gasteiger partial charge in [-0.15, -0.1) is 0 Å². The predicted molar refractivity (Wildman–Crippen MR) is 103 cm³/mol. The van der Waals surface area contributed by atoms with Crippen molar-refractivity contribution in [1.29, 1.82) is 0 Å². The lowest BCUT2D eigenvalue weighted by Gasteiger charge is -2.30. The van der Waals surface area contributed by atoms with Crippen LogP contribution in [0.4, 0.5) is 14.9 Å². The van der Waals surface area contributed by atoms with E-state index in [0.29, 0.717) is 11.3 Å². The fraction of sp³-hybridized carbons (Fsp3) is 0.619. The first-order valence-electron chi connectivity index (χ1n) is 10.1. The van der Waals surface area contributed by atoms with Crippen LogP contribution in [0.5, 0.6) is 0 Å². The number of carbonyl (C=O) groups is 2. The maximum atomic E-state index is 15.0. The molecule has 29 heavy (non-hydrogen) atoms. The number of anilines is 1.